The lowest BCUT2D eigenvalue weighted by Crippen LogP contribution is -2.22. The number of benzene rings is 1. The van der Waals surface area contributed by atoms with E-state index in [0.717, 1.165) is 18.9 Å². The Hall–Kier alpha value is -1.76. The lowest BCUT2D eigenvalue weighted by Gasteiger charge is -2.23. The lowest BCUT2D eigenvalue weighted by molar-refractivity contribution is 0.392. The maximum absolute atomic E-state index is 3.79. The first-order chi connectivity index (χ1) is 9.36. The lowest BCUT2D eigenvalue weighted by atomic mass is 9.97. The molecule has 0 saturated carbocycles. The molecule has 1 atom stereocenters. The normalized spacial score (nSPS) is 21.2. The number of likely N-dealkylation sites (tertiary alicyclic amines) is 1. The third kappa shape index (κ3) is 2.65. The molecule has 1 aromatic rings. The minimum Gasteiger partial charge on any atom is -0.374 e. The Morgan fingerprint density at radius 3 is 2.89 bits per heavy atom. The predicted molar refractivity (Wildman–Crippen MR) is 81.8 cm³/mol. The minimum absolute atomic E-state index is 0.785. The smallest absolute Gasteiger partial charge is 0.0215 e. The Morgan fingerprint density at radius 1 is 1.26 bits per heavy atom. The summed E-state index contributed by atoms with van der Waals surface area (Å²) in [5, 5.41) is 0. The van der Waals surface area contributed by atoms with Crippen LogP contribution in [0, 0.1) is 5.92 Å². The summed E-state index contributed by atoms with van der Waals surface area (Å²) in [7, 11) is 0. The van der Waals surface area contributed by atoms with Gasteiger partial charge in [-0.25, -0.2) is 0 Å². The van der Waals surface area contributed by atoms with E-state index in [0.29, 0.717) is 0 Å². The van der Waals surface area contributed by atoms with Gasteiger partial charge in [-0.05, 0) is 36.5 Å². The molecule has 0 N–H and O–H groups in total. The maximum Gasteiger partial charge on any atom is 0.0215 e. The molecule has 0 radical (unpaired) electrons. The van der Waals surface area contributed by atoms with Gasteiger partial charge in [0.1, 0.15) is 0 Å². The molecular weight excluding hydrogens is 230 g/mol. The molecule has 1 unspecified atom stereocenters. The first-order valence-electron chi connectivity index (χ1n) is 7.20. The Balaban J connectivity index is 1.61. The zero-order valence-electron chi connectivity index (χ0n) is 11.4. The van der Waals surface area contributed by atoms with E-state index in [1.807, 2.05) is 6.08 Å². The van der Waals surface area contributed by atoms with Gasteiger partial charge in [-0.2, -0.15) is 0 Å². The average Bonchev–Trinajstić information content (AvgIpc) is 2.89. The fourth-order valence-corrected chi connectivity index (χ4v) is 3.06. The molecule has 1 aromatic carbocycles. The summed E-state index contributed by atoms with van der Waals surface area (Å²) in [6, 6.07) is 8.74. The fraction of sp³-hybridized carbons (Fsp3) is 0.333. The summed E-state index contributed by atoms with van der Waals surface area (Å²) in [5.41, 5.74) is 4.18. The molecular formula is C18H21N. The SMILES string of the molecule is C=Cc1ccc(CCN2CCC3CC=CC=C32)cc1. The van der Waals surface area contributed by atoms with E-state index in [1.165, 1.54) is 30.5 Å². The van der Waals surface area contributed by atoms with E-state index in [2.05, 4.69) is 54.0 Å². The first kappa shape index (κ1) is 12.3. The van der Waals surface area contributed by atoms with Gasteiger partial charge in [0, 0.05) is 24.7 Å². The van der Waals surface area contributed by atoms with Crippen molar-refractivity contribution in [1.82, 2.24) is 4.90 Å². The molecule has 1 heterocycles. The van der Waals surface area contributed by atoms with Crippen LogP contribution in [0.2, 0.25) is 0 Å². The Morgan fingerprint density at radius 2 is 2.11 bits per heavy atom. The summed E-state index contributed by atoms with van der Waals surface area (Å²) in [5.74, 6) is 0.785. The number of rotatable bonds is 4. The number of allylic oxidation sites excluding steroid dienone is 4. The standard InChI is InChI=1S/C18H21N/c1-2-15-7-9-16(10-8-15)11-13-19-14-12-17-5-3-4-6-18(17)19/h2-4,6-10,17H,1,5,11-14H2. The van der Waals surface area contributed by atoms with Crippen molar-refractivity contribution in [2.24, 2.45) is 5.92 Å². The second kappa shape index (κ2) is 5.48. The molecule has 1 saturated heterocycles. The van der Waals surface area contributed by atoms with E-state index in [4.69, 9.17) is 0 Å². The highest BCUT2D eigenvalue weighted by Crippen LogP contribution is 2.33. The van der Waals surface area contributed by atoms with Gasteiger partial charge in [0.25, 0.3) is 0 Å². The molecule has 3 rings (SSSR count). The summed E-state index contributed by atoms with van der Waals surface area (Å²) in [6.07, 6.45) is 12.4. The Kier molecular flexibility index (Phi) is 3.54. The molecule has 19 heavy (non-hydrogen) atoms. The van der Waals surface area contributed by atoms with Crippen molar-refractivity contribution < 1.29 is 0 Å². The maximum atomic E-state index is 3.79. The van der Waals surface area contributed by atoms with E-state index in [9.17, 15) is 0 Å². The molecule has 0 amide bonds. The fourth-order valence-electron chi connectivity index (χ4n) is 3.06. The zero-order chi connectivity index (χ0) is 13.1. The van der Waals surface area contributed by atoms with Crippen LogP contribution in [0.4, 0.5) is 0 Å². The second-order valence-electron chi connectivity index (χ2n) is 5.42. The van der Waals surface area contributed by atoms with Gasteiger partial charge < -0.3 is 4.90 Å². The van der Waals surface area contributed by atoms with Crippen molar-refractivity contribution in [1.29, 1.82) is 0 Å². The van der Waals surface area contributed by atoms with Crippen LogP contribution < -0.4 is 0 Å². The van der Waals surface area contributed by atoms with Crippen LogP contribution in [0.15, 0.2) is 54.8 Å². The predicted octanol–water partition coefficient (Wildman–Crippen LogP) is 4.04. The van der Waals surface area contributed by atoms with Gasteiger partial charge in [0.2, 0.25) is 0 Å². The largest absolute Gasteiger partial charge is 0.374 e. The molecule has 1 nitrogen and oxygen atoms in total. The number of nitrogens with zero attached hydrogens (tertiary/aromatic N) is 1. The van der Waals surface area contributed by atoms with Crippen molar-refractivity contribution in [3.05, 3.63) is 65.9 Å². The molecule has 0 spiro atoms. The summed E-state index contributed by atoms with van der Waals surface area (Å²) in [6.45, 7) is 6.16. The Labute approximate surface area is 115 Å². The van der Waals surface area contributed by atoms with Crippen LogP contribution in [0.5, 0.6) is 0 Å². The summed E-state index contributed by atoms with van der Waals surface area (Å²) < 4.78 is 0. The van der Waals surface area contributed by atoms with Gasteiger partial charge in [0.15, 0.2) is 0 Å². The summed E-state index contributed by atoms with van der Waals surface area (Å²) >= 11 is 0. The molecule has 1 heteroatoms. The second-order valence-corrected chi connectivity index (χ2v) is 5.42. The average molecular weight is 251 g/mol. The quantitative estimate of drug-likeness (QED) is 0.780. The van der Waals surface area contributed by atoms with Crippen molar-refractivity contribution in [2.75, 3.05) is 13.1 Å². The van der Waals surface area contributed by atoms with Gasteiger partial charge in [-0.3, -0.25) is 0 Å². The van der Waals surface area contributed by atoms with E-state index in [1.54, 1.807) is 5.70 Å². The highest BCUT2D eigenvalue weighted by atomic mass is 15.2. The third-order valence-electron chi connectivity index (χ3n) is 4.24. The monoisotopic (exact) mass is 251 g/mol. The first-order valence-corrected chi connectivity index (χ1v) is 7.20. The van der Waals surface area contributed by atoms with Crippen LogP contribution in [0.25, 0.3) is 6.08 Å². The van der Waals surface area contributed by atoms with Crippen molar-refractivity contribution in [3.8, 4) is 0 Å². The Bertz CT molecular complexity index is 507. The van der Waals surface area contributed by atoms with Gasteiger partial charge in [0.05, 0.1) is 0 Å². The molecule has 98 valence electrons. The van der Waals surface area contributed by atoms with Crippen LogP contribution in [0.3, 0.4) is 0 Å². The van der Waals surface area contributed by atoms with Crippen LogP contribution in [-0.4, -0.2) is 18.0 Å². The molecule has 1 aliphatic heterocycles. The highest BCUT2D eigenvalue weighted by Gasteiger charge is 2.27. The number of hydrogen-bond donors (Lipinski definition) is 0. The van der Waals surface area contributed by atoms with Crippen molar-refractivity contribution in [3.63, 3.8) is 0 Å². The molecule has 1 fully saturated rings. The number of fused-ring (bicyclic) bond motifs is 1. The topological polar surface area (TPSA) is 3.24 Å². The highest BCUT2D eigenvalue weighted by molar-refractivity contribution is 5.47. The van der Waals surface area contributed by atoms with Crippen LogP contribution in [-0.2, 0) is 6.42 Å². The summed E-state index contributed by atoms with van der Waals surface area (Å²) in [4.78, 5) is 2.57. The zero-order valence-corrected chi connectivity index (χ0v) is 11.4. The van der Waals surface area contributed by atoms with Gasteiger partial charge >= 0.3 is 0 Å². The van der Waals surface area contributed by atoms with Crippen LogP contribution in [0.1, 0.15) is 24.0 Å². The minimum atomic E-state index is 0.785. The molecule has 0 aromatic heterocycles. The van der Waals surface area contributed by atoms with Crippen molar-refractivity contribution in [2.45, 2.75) is 19.3 Å². The number of hydrogen-bond acceptors (Lipinski definition) is 1. The molecule has 1 aliphatic carbocycles. The van der Waals surface area contributed by atoms with E-state index in [-0.39, 0.29) is 0 Å². The van der Waals surface area contributed by atoms with Gasteiger partial charge in [-0.15, -0.1) is 0 Å². The van der Waals surface area contributed by atoms with E-state index < -0.39 is 0 Å². The molecule has 2 aliphatic rings. The van der Waals surface area contributed by atoms with Crippen molar-refractivity contribution >= 4 is 6.08 Å². The van der Waals surface area contributed by atoms with Crippen LogP contribution >= 0.6 is 0 Å². The van der Waals surface area contributed by atoms with Gasteiger partial charge in [-0.1, -0.05) is 49.1 Å². The van der Waals surface area contributed by atoms with E-state index >= 15 is 0 Å². The molecule has 0 bridgehead atoms. The third-order valence-corrected chi connectivity index (χ3v) is 4.24.